The Bertz CT molecular complexity index is 204. The van der Waals surface area contributed by atoms with Gasteiger partial charge in [-0.15, -0.1) is 0 Å². The lowest BCUT2D eigenvalue weighted by Crippen LogP contribution is -2.45. The van der Waals surface area contributed by atoms with Gasteiger partial charge in [-0.2, -0.15) is 35.1 Å². The van der Waals surface area contributed by atoms with E-state index in [-0.39, 0.29) is 0 Å². The first kappa shape index (κ1) is 14.3. The van der Waals surface area contributed by atoms with Crippen LogP contribution in [0.5, 0.6) is 0 Å². The molecular weight excluding hydrogens is 247 g/mol. The van der Waals surface area contributed by atoms with E-state index in [9.17, 15) is 39.5 Å². The van der Waals surface area contributed by atoms with E-state index in [1.807, 2.05) is 0 Å². The highest BCUT2D eigenvalue weighted by Crippen LogP contribution is 2.36. The van der Waals surface area contributed by atoms with Gasteiger partial charge in [0, 0.05) is 0 Å². The van der Waals surface area contributed by atoms with Crippen molar-refractivity contribution in [3.05, 3.63) is 0 Å². The van der Waals surface area contributed by atoms with Crippen LogP contribution in [0.15, 0.2) is 0 Å². The molecule has 1 nitrogen and oxygen atoms in total. The maximum absolute atomic E-state index is 12.0. The van der Waals surface area contributed by atoms with Crippen molar-refractivity contribution in [2.24, 2.45) is 0 Å². The molecule has 0 heterocycles. The highest BCUT2D eigenvalue weighted by molar-refractivity contribution is 4.75. The number of hydrogen-bond donors (Lipinski definition) is 0. The standard InChI is InChI=1S/C5H3F9O/c6-2(4(10,11)12)5(13,14)15-1-3(7,8)9/h2H,1H2. The zero-order valence-corrected chi connectivity index (χ0v) is 6.59. The van der Waals surface area contributed by atoms with Crippen LogP contribution in [0.3, 0.4) is 0 Å². The Labute approximate surface area is 76.8 Å². The van der Waals surface area contributed by atoms with Crippen LogP contribution in [-0.2, 0) is 4.74 Å². The Morgan fingerprint density at radius 2 is 1.27 bits per heavy atom. The van der Waals surface area contributed by atoms with Gasteiger partial charge in [0.15, 0.2) is 0 Å². The molecule has 0 aromatic rings. The molecule has 0 aliphatic carbocycles. The molecule has 0 saturated carbocycles. The lowest BCUT2D eigenvalue weighted by molar-refractivity contribution is -0.354. The van der Waals surface area contributed by atoms with Crippen molar-refractivity contribution in [2.45, 2.75) is 24.6 Å². The van der Waals surface area contributed by atoms with Crippen molar-refractivity contribution < 1.29 is 44.3 Å². The predicted octanol–water partition coefficient (Wildman–Crippen LogP) is 3.06. The molecule has 0 aromatic carbocycles. The lowest BCUT2D eigenvalue weighted by Gasteiger charge is -2.22. The molecule has 0 saturated heterocycles. The predicted molar refractivity (Wildman–Crippen MR) is 27.9 cm³/mol. The molecule has 1 atom stereocenters. The fourth-order valence-corrected chi connectivity index (χ4v) is 0.442. The fourth-order valence-electron chi connectivity index (χ4n) is 0.442. The highest BCUT2D eigenvalue weighted by Gasteiger charge is 2.59. The van der Waals surface area contributed by atoms with Gasteiger partial charge in [0.05, 0.1) is 0 Å². The minimum Gasteiger partial charge on any atom is -0.308 e. The summed E-state index contributed by atoms with van der Waals surface area (Å²) < 4.78 is 106. The van der Waals surface area contributed by atoms with Gasteiger partial charge in [-0.05, 0) is 0 Å². The Morgan fingerprint density at radius 1 is 0.867 bits per heavy atom. The molecule has 0 fully saturated rings. The summed E-state index contributed by atoms with van der Waals surface area (Å²) in [5.74, 6) is 0. The first-order valence-electron chi connectivity index (χ1n) is 3.15. The molecule has 1 unspecified atom stereocenters. The van der Waals surface area contributed by atoms with Crippen LogP contribution in [0.2, 0.25) is 0 Å². The van der Waals surface area contributed by atoms with Gasteiger partial charge in [0.2, 0.25) is 0 Å². The van der Waals surface area contributed by atoms with Crippen molar-refractivity contribution in [3.8, 4) is 0 Å². The van der Waals surface area contributed by atoms with Crippen molar-refractivity contribution in [1.29, 1.82) is 0 Å². The van der Waals surface area contributed by atoms with Crippen LogP contribution in [0.25, 0.3) is 0 Å². The summed E-state index contributed by atoms with van der Waals surface area (Å²) in [6.45, 7) is -2.67. The molecule has 0 aromatic heterocycles. The van der Waals surface area contributed by atoms with Crippen LogP contribution in [0.1, 0.15) is 0 Å². The van der Waals surface area contributed by atoms with E-state index < -0.39 is 31.2 Å². The Kier molecular flexibility index (Phi) is 3.88. The number of ether oxygens (including phenoxy) is 1. The summed E-state index contributed by atoms with van der Waals surface area (Å²) in [5.41, 5.74) is 0. The number of halogens is 9. The molecule has 0 aliphatic rings. The Balaban J connectivity index is 4.43. The van der Waals surface area contributed by atoms with Gasteiger partial charge in [-0.25, -0.2) is 4.39 Å². The largest absolute Gasteiger partial charge is 0.428 e. The summed E-state index contributed by atoms with van der Waals surface area (Å²) in [4.78, 5) is 0. The average molecular weight is 250 g/mol. The van der Waals surface area contributed by atoms with Gasteiger partial charge >= 0.3 is 18.5 Å². The topological polar surface area (TPSA) is 9.23 Å². The van der Waals surface area contributed by atoms with E-state index in [0.29, 0.717) is 0 Å². The molecule has 0 rings (SSSR count). The van der Waals surface area contributed by atoms with Crippen LogP contribution < -0.4 is 0 Å². The molecular formula is C5H3F9O. The highest BCUT2D eigenvalue weighted by atomic mass is 19.4. The number of alkyl halides is 9. The van der Waals surface area contributed by atoms with Crippen LogP contribution in [-0.4, -0.2) is 31.2 Å². The maximum atomic E-state index is 12.0. The van der Waals surface area contributed by atoms with Gasteiger partial charge in [-0.3, -0.25) is 0 Å². The summed E-state index contributed by atoms with van der Waals surface area (Å²) in [6.07, 6.45) is -21.6. The third-order valence-electron chi connectivity index (χ3n) is 1.01. The van der Waals surface area contributed by atoms with E-state index >= 15 is 0 Å². The molecule has 0 bridgehead atoms. The molecule has 0 spiro atoms. The van der Waals surface area contributed by atoms with Crippen molar-refractivity contribution in [3.63, 3.8) is 0 Å². The molecule has 0 aliphatic heterocycles. The Morgan fingerprint density at radius 3 is 1.53 bits per heavy atom. The molecule has 92 valence electrons. The van der Waals surface area contributed by atoms with E-state index in [4.69, 9.17) is 0 Å². The zero-order valence-electron chi connectivity index (χ0n) is 6.59. The van der Waals surface area contributed by atoms with Crippen LogP contribution >= 0.6 is 0 Å². The summed E-state index contributed by atoms with van der Waals surface area (Å²) in [5, 5.41) is 0. The maximum Gasteiger partial charge on any atom is 0.428 e. The van der Waals surface area contributed by atoms with Crippen molar-refractivity contribution in [2.75, 3.05) is 6.61 Å². The van der Waals surface area contributed by atoms with Gasteiger partial charge in [0.25, 0.3) is 6.17 Å². The molecule has 0 amide bonds. The summed E-state index contributed by atoms with van der Waals surface area (Å²) in [7, 11) is 0. The minimum atomic E-state index is -5.99. The molecule has 0 N–H and O–H groups in total. The SMILES string of the molecule is FC(C(F)(F)F)C(F)(F)OCC(F)(F)F. The van der Waals surface area contributed by atoms with Gasteiger partial charge in [0.1, 0.15) is 6.61 Å². The van der Waals surface area contributed by atoms with Gasteiger partial charge < -0.3 is 4.74 Å². The smallest absolute Gasteiger partial charge is 0.308 e. The van der Waals surface area contributed by atoms with Crippen molar-refractivity contribution >= 4 is 0 Å². The van der Waals surface area contributed by atoms with E-state index in [1.165, 1.54) is 0 Å². The fraction of sp³-hybridized carbons (Fsp3) is 1.00. The van der Waals surface area contributed by atoms with Gasteiger partial charge in [-0.1, -0.05) is 0 Å². The summed E-state index contributed by atoms with van der Waals surface area (Å²) >= 11 is 0. The van der Waals surface area contributed by atoms with E-state index in [1.54, 1.807) is 0 Å². The van der Waals surface area contributed by atoms with Crippen LogP contribution in [0, 0.1) is 0 Å². The lowest BCUT2D eigenvalue weighted by atomic mass is 10.3. The monoisotopic (exact) mass is 250 g/mol. The molecule has 10 heteroatoms. The van der Waals surface area contributed by atoms with E-state index in [2.05, 4.69) is 4.74 Å². The quantitative estimate of drug-likeness (QED) is 0.699. The van der Waals surface area contributed by atoms with Crippen molar-refractivity contribution in [1.82, 2.24) is 0 Å². The second kappa shape index (κ2) is 4.06. The third-order valence-corrected chi connectivity index (χ3v) is 1.01. The first-order valence-corrected chi connectivity index (χ1v) is 3.15. The normalized spacial score (nSPS) is 16.6. The number of hydrogen-bond acceptors (Lipinski definition) is 1. The molecule has 15 heavy (non-hydrogen) atoms. The molecule has 0 radical (unpaired) electrons. The second-order valence-electron chi connectivity index (χ2n) is 2.37. The number of rotatable bonds is 3. The average Bonchev–Trinajstić information content (AvgIpc) is 1.97. The minimum absolute atomic E-state index is 2.53. The first-order chi connectivity index (χ1) is 6.36. The zero-order chi connectivity index (χ0) is 12.5. The van der Waals surface area contributed by atoms with Crippen LogP contribution in [0.4, 0.5) is 39.5 Å². The van der Waals surface area contributed by atoms with E-state index in [0.717, 1.165) is 0 Å². The third kappa shape index (κ3) is 5.09. The second-order valence-corrected chi connectivity index (χ2v) is 2.37. The Hall–Kier alpha value is -0.670. The summed E-state index contributed by atoms with van der Waals surface area (Å²) in [6, 6.07) is 0.